The van der Waals surface area contributed by atoms with Crippen LogP contribution in [0.25, 0.3) is 11.0 Å². The Labute approximate surface area is 148 Å². The molecule has 0 amide bonds. The molecule has 0 bridgehead atoms. The number of anilines is 2. The van der Waals surface area contributed by atoms with E-state index in [1.165, 1.54) is 32.1 Å². The second kappa shape index (κ2) is 6.78. The first-order valence-electron chi connectivity index (χ1n) is 9.47. The van der Waals surface area contributed by atoms with Crippen LogP contribution in [0.4, 0.5) is 11.8 Å². The molecule has 1 aliphatic heterocycles. The van der Waals surface area contributed by atoms with E-state index in [0.717, 1.165) is 35.9 Å². The van der Waals surface area contributed by atoms with E-state index in [1.807, 2.05) is 17.9 Å². The molecule has 2 aromatic rings. The van der Waals surface area contributed by atoms with Crippen LogP contribution in [0.3, 0.4) is 0 Å². The second-order valence-electron chi connectivity index (χ2n) is 7.52. The lowest BCUT2D eigenvalue weighted by Crippen LogP contribution is -2.46. The standard InChI is InChI=1S/C18H28N6O/c1-12-10-24(11-13(2)25-12)18-21-16(20-14-7-5-4-6-8-14)15-9-19-23(3)17(15)22-18/h9,12-14H,4-8,10-11H2,1-3H3,(H,20,21,22). The van der Waals surface area contributed by atoms with Gasteiger partial charge in [0.1, 0.15) is 5.82 Å². The van der Waals surface area contributed by atoms with Crippen molar-refractivity contribution < 1.29 is 4.74 Å². The predicted octanol–water partition coefficient (Wildman–Crippen LogP) is 2.72. The molecule has 25 heavy (non-hydrogen) atoms. The number of hydrogen-bond donors (Lipinski definition) is 1. The third-order valence-corrected chi connectivity index (χ3v) is 5.23. The first-order chi connectivity index (χ1) is 12.1. The van der Waals surface area contributed by atoms with Crippen molar-refractivity contribution in [1.82, 2.24) is 19.7 Å². The minimum Gasteiger partial charge on any atom is -0.372 e. The van der Waals surface area contributed by atoms with Crippen LogP contribution in [0, 0.1) is 0 Å². The van der Waals surface area contributed by atoms with Crippen molar-refractivity contribution in [2.75, 3.05) is 23.3 Å². The lowest BCUT2D eigenvalue weighted by Gasteiger charge is -2.35. The van der Waals surface area contributed by atoms with E-state index in [0.29, 0.717) is 6.04 Å². The third-order valence-electron chi connectivity index (χ3n) is 5.23. The Kier molecular flexibility index (Phi) is 4.50. The van der Waals surface area contributed by atoms with Gasteiger partial charge in [0.05, 0.1) is 23.8 Å². The largest absolute Gasteiger partial charge is 0.372 e. The Morgan fingerprint density at radius 1 is 1.08 bits per heavy atom. The Morgan fingerprint density at radius 2 is 1.80 bits per heavy atom. The van der Waals surface area contributed by atoms with Crippen molar-refractivity contribution in [3.63, 3.8) is 0 Å². The first kappa shape index (κ1) is 16.6. The van der Waals surface area contributed by atoms with E-state index in [2.05, 4.69) is 29.2 Å². The molecule has 0 spiro atoms. The van der Waals surface area contributed by atoms with Crippen molar-refractivity contribution in [2.45, 2.75) is 64.2 Å². The van der Waals surface area contributed by atoms with Crippen LogP contribution in [0.1, 0.15) is 46.0 Å². The van der Waals surface area contributed by atoms with Gasteiger partial charge < -0.3 is 15.0 Å². The van der Waals surface area contributed by atoms with Crippen LogP contribution in [0.2, 0.25) is 0 Å². The number of rotatable bonds is 3. The van der Waals surface area contributed by atoms with Gasteiger partial charge in [0.15, 0.2) is 5.65 Å². The molecule has 4 rings (SSSR count). The number of fused-ring (bicyclic) bond motifs is 1. The number of aromatic nitrogens is 4. The molecule has 0 radical (unpaired) electrons. The van der Waals surface area contributed by atoms with E-state index < -0.39 is 0 Å². The number of morpholine rings is 1. The zero-order valence-corrected chi connectivity index (χ0v) is 15.4. The molecular formula is C18H28N6O. The van der Waals surface area contributed by atoms with Gasteiger partial charge in [-0.15, -0.1) is 0 Å². The summed E-state index contributed by atoms with van der Waals surface area (Å²) in [4.78, 5) is 11.9. The van der Waals surface area contributed by atoms with E-state index in [1.54, 1.807) is 0 Å². The smallest absolute Gasteiger partial charge is 0.229 e. The van der Waals surface area contributed by atoms with Crippen molar-refractivity contribution in [1.29, 1.82) is 0 Å². The fourth-order valence-electron chi connectivity index (χ4n) is 4.04. The average molecular weight is 344 g/mol. The molecule has 2 atom stereocenters. The van der Waals surface area contributed by atoms with E-state index in [9.17, 15) is 0 Å². The van der Waals surface area contributed by atoms with Gasteiger partial charge in [-0.1, -0.05) is 19.3 Å². The molecule has 0 aromatic carbocycles. The predicted molar refractivity (Wildman–Crippen MR) is 99.0 cm³/mol. The molecular weight excluding hydrogens is 316 g/mol. The molecule has 1 N–H and O–H groups in total. The maximum atomic E-state index is 5.86. The number of nitrogens with zero attached hydrogens (tertiary/aromatic N) is 5. The highest BCUT2D eigenvalue weighted by atomic mass is 16.5. The lowest BCUT2D eigenvalue weighted by molar-refractivity contribution is -0.00569. The molecule has 1 saturated heterocycles. The molecule has 2 aromatic heterocycles. The zero-order chi connectivity index (χ0) is 17.4. The van der Waals surface area contributed by atoms with Gasteiger partial charge in [-0.2, -0.15) is 15.1 Å². The summed E-state index contributed by atoms with van der Waals surface area (Å²) in [5.74, 6) is 1.70. The van der Waals surface area contributed by atoms with E-state index in [-0.39, 0.29) is 12.2 Å². The monoisotopic (exact) mass is 344 g/mol. The molecule has 3 heterocycles. The molecule has 2 fully saturated rings. The highest BCUT2D eigenvalue weighted by molar-refractivity contribution is 5.87. The highest BCUT2D eigenvalue weighted by Gasteiger charge is 2.26. The summed E-state index contributed by atoms with van der Waals surface area (Å²) >= 11 is 0. The van der Waals surface area contributed by atoms with Crippen LogP contribution >= 0.6 is 0 Å². The van der Waals surface area contributed by atoms with Crippen LogP contribution in [-0.4, -0.2) is 51.1 Å². The molecule has 7 nitrogen and oxygen atoms in total. The Hall–Kier alpha value is -1.89. The molecule has 7 heteroatoms. The van der Waals surface area contributed by atoms with Gasteiger partial charge in [-0.25, -0.2) is 0 Å². The SMILES string of the molecule is CC1CN(c2nc(NC3CCCCC3)c3cnn(C)c3n2)CC(C)O1. The van der Waals surface area contributed by atoms with Gasteiger partial charge in [0.25, 0.3) is 0 Å². The molecule has 1 saturated carbocycles. The third kappa shape index (κ3) is 3.42. The van der Waals surface area contributed by atoms with Crippen LogP contribution in [-0.2, 0) is 11.8 Å². The van der Waals surface area contributed by atoms with Crippen molar-refractivity contribution in [3.05, 3.63) is 6.20 Å². The number of hydrogen-bond acceptors (Lipinski definition) is 6. The van der Waals surface area contributed by atoms with Gasteiger partial charge in [0, 0.05) is 26.2 Å². The van der Waals surface area contributed by atoms with E-state index in [4.69, 9.17) is 14.7 Å². The van der Waals surface area contributed by atoms with Crippen LogP contribution < -0.4 is 10.2 Å². The van der Waals surface area contributed by atoms with Crippen molar-refractivity contribution >= 4 is 22.8 Å². The summed E-state index contributed by atoms with van der Waals surface area (Å²) in [6, 6.07) is 0.502. The summed E-state index contributed by atoms with van der Waals surface area (Å²) in [6.07, 6.45) is 8.61. The minimum atomic E-state index is 0.185. The van der Waals surface area contributed by atoms with Crippen molar-refractivity contribution in [3.8, 4) is 0 Å². The fraction of sp³-hybridized carbons (Fsp3) is 0.722. The average Bonchev–Trinajstić information content (AvgIpc) is 2.96. The van der Waals surface area contributed by atoms with Crippen LogP contribution in [0.15, 0.2) is 6.20 Å². The van der Waals surface area contributed by atoms with Gasteiger partial charge >= 0.3 is 0 Å². The quantitative estimate of drug-likeness (QED) is 0.923. The molecule has 136 valence electrons. The van der Waals surface area contributed by atoms with Gasteiger partial charge in [0.2, 0.25) is 5.95 Å². The number of nitrogens with one attached hydrogen (secondary N) is 1. The van der Waals surface area contributed by atoms with Crippen LogP contribution in [0.5, 0.6) is 0 Å². The Balaban J connectivity index is 1.68. The summed E-state index contributed by atoms with van der Waals surface area (Å²) in [7, 11) is 1.94. The van der Waals surface area contributed by atoms with Gasteiger partial charge in [-0.3, -0.25) is 4.68 Å². The normalized spacial score (nSPS) is 25.5. The maximum Gasteiger partial charge on any atom is 0.229 e. The zero-order valence-electron chi connectivity index (χ0n) is 15.4. The maximum absolute atomic E-state index is 5.86. The first-order valence-corrected chi connectivity index (χ1v) is 9.47. The summed E-state index contributed by atoms with van der Waals surface area (Å²) < 4.78 is 7.69. The molecule has 2 unspecified atom stereocenters. The lowest BCUT2D eigenvalue weighted by atomic mass is 9.95. The minimum absolute atomic E-state index is 0.185. The Morgan fingerprint density at radius 3 is 2.52 bits per heavy atom. The molecule has 2 aliphatic rings. The summed E-state index contributed by atoms with van der Waals surface area (Å²) in [6.45, 7) is 5.84. The topological polar surface area (TPSA) is 68.1 Å². The van der Waals surface area contributed by atoms with Gasteiger partial charge in [-0.05, 0) is 26.7 Å². The molecule has 1 aliphatic carbocycles. The second-order valence-corrected chi connectivity index (χ2v) is 7.52. The van der Waals surface area contributed by atoms with E-state index >= 15 is 0 Å². The number of ether oxygens (including phenoxy) is 1. The Bertz CT molecular complexity index is 728. The fourth-order valence-corrected chi connectivity index (χ4v) is 4.04. The number of aryl methyl sites for hydroxylation is 1. The van der Waals surface area contributed by atoms with Crippen molar-refractivity contribution in [2.24, 2.45) is 7.05 Å². The summed E-state index contributed by atoms with van der Waals surface area (Å²) in [5, 5.41) is 9.08. The highest BCUT2D eigenvalue weighted by Crippen LogP contribution is 2.28. The summed E-state index contributed by atoms with van der Waals surface area (Å²) in [5.41, 5.74) is 0.884.